The molecule has 0 unspecified atom stereocenters. The normalized spacial score (nSPS) is 10.6. The highest BCUT2D eigenvalue weighted by Crippen LogP contribution is 2.25. The smallest absolute Gasteiger partial charge is 0.205 e. The third-order valence-electron chi connectivity index (χ3n) is 2.09. The Labute approximate surface area is 98.5 Å². The molecular formula is C10H15N5S. The molecule has 0 atom stereocenters. The minimum Gasteiger partial charge on any atom is -0.360 e. The second-order valence-electron chi connectivity index (χ2n) is 3.43. The number of nitrogens with one attached hydrogen (secondary N) is 1. The van der Waals surface area contributed by atoms with Crippen molar-refractivity contribution in [3.8, 4) is 10.6 Å². The second-order valence-corrected chi connectivity index (χ2v) is 4.41. The van der Waals surface area contributed by atoms with Crippen LogP contribution in [0.15, 0.2) is 12.4 Å². The van der Waals surface area contributed by atoms with Crippen LogP contribution >= 0.6 is 11.3 Å². The lowest BCUT2D eigenvalue weighted by Crippen LogP contribution is -1.95. The number of aryl methyl sites for hydroxylation is 1. The molecule has 0 spiro atoms. The fourth-order valence-electron chi connectivity index (χ4n) is 1.39. The van der Waals surface area contributed by atoms with Crippen molar-refractivity contribution in [3.63, 3.8) is 0 Å². The summed E-state index contributed by atoms with van der Waals surface area (Å²) in [5.74, 6) is 0. The van der Waals surface area contributed by atoms with Gasteiger partial charge in [0.2, 0.25) is 5.13 Å². The predicted molar refractivity (Wildman–Crippen MR) is 65.6 cm³/mol. The molecule has 5 nitrogen and oxygen atoms in total. The van der Waals surface area contributed by atoms with Gasteiger partial charge in [-0.25, -0.2) is 0 Å². The summed E-state index contributed by atoms with van der Waals surface area (Å²) in [6.45, 7) is 5.98. The lowest BCUT2D eigenvalue weighted by atomic mass is 10.4. The van der Waals surface area contributed by atoms with Crippen LogP contribution in [0.2, 0.25) is 0 Å². The van der Waals surface area contributed by atoms with Crippen molar-refractivity contribution >= 4 is 16.5 Å². The van der Waals surface area contributed by atoms with Crippen LogP contribution in [-0.4, -0.2) is 26.5 Å². The average Bonchev–Trinajstić information content (AvgIpc) is 2.87. The Balaban J connectivity index is 2.14. The molecule has 0 radical (unpaired) electrons. The van der Waals surface area contributed by atoms with Crippen LogP contribution in [0.5, 0.6) is 0 Å². The minimum atomic E-state index is 0.862. The zero-order valence-corrected chi connectivity index (χ0v) is 10.3. The van der Waals surface area contributed by atoms with Gasteiger partial charge in [-0.1, -0.05) is 18.3 Å². The summed E-state index contributed by atoms with van der Waals surface area (Å²) in [5.41, 5.74) is 1.04. The van der Waals surface area contributed by atoms with Gasteiger partial charge in [0, 0.05) is 19.3 Å². The molecule has 86 valence electrons. The molecular weight excluding hydrogens is 222 g/mol. The van der Waals surface area contributed by atoms with Gasteiger partial charge in [0.05, 0.1) is 11.8 Å². The van der Waals surface area contributed by atoms with Crippen molar-refractivity contribution in [2.45, 2.75) is 26.8 Å². The van der Waals surface area contributed by atoms with Crippen LogP contribution in [0.1, 0.15) is 20.3 Å². The van der Waals surface area contributed by atoms with E-state index >= 15 is 0 Å². The fourth-order valence-corrected chi connectivity index (χ4v) is 2.17. The average molecular weight is 237 g/mol. The SMILES string of the molecule is CCCn1cc(-c2nnc(NCC)s2)cn1. The zero-order valence-electron chi connectivity index (χ0n) is 9.47. The van der Waals surface area contributed by atoms with E-state index in [0.29, 0.717) is 0 Å². The van der Waals surface area contributed by atoms with Crippen LogP contribution in [0.4, 0.5) is 5.13 Å². The van der Waals surface area contributed by atoms with Gasteiger partial charge in [0.15, 0.2) is 5.01 Å². The molecule has 16 heavy (non-hydrogen) atoms. The Morgan fingerprint density at radius 2 is 2.25 bits per heavy atom. The Hall–Kier alpha value is -1.43. The van der Waals surface area contributed by atoms with Crippen LogP contribution in [0.25, 0.3) is 10.6 Å². The topological polar surface area (TPSA) is 55.6 Å². The van der Waals surface area contributed by atoms with E-state index in [1.165, 1.54) is 0 Å². The van der Waals surface area contributed by atoms with Crippen LogP contribution in [-0.2, 0) is 6.54 Å². The highest BCUT2D eigenvalue weighted by Gasteiger charge is 2.07. The largest absolute Gasteiger partial charge is 0.360 e. The molecule has 6 heteroatoms. The summed E-state index contributed by atoms with van der Waals surface area (Å²) < 4.78 is 1.93. The van der Waals surface area contributed by atoms with Gasteiger partial charge in [-0.2, -0.15) is 5.10 Å². The molecule has 2 rings (SSSR count). The highest BCUT2D eigenvalue weighted by atomic mass is 32.1. The van der Waals surface area contributed by atoms with E-state index in [4.69, 9.17) is 0 Å². The first kappa shape index (κ1) is 11.1. The molecule has 2 aromatic rings. The van der Waals surface area contributed by atoms with E-state index < -0.39 is 0 Å². The standard InChI is InChI=1S/C10H15N5S/c1-3-5-15-7-8(6-12-15)9-13-14-10(16-9)11-4-2/h6-7H,3-5H2,1-2H3,(H,11,14). The third kappa shape index (κ3) is 2.38. The molecule has 0 aliphatic rings. The predicted octanol–water partition coefficient (Wildman–Crippen LogP) is 2.24. The zero-order chi connectivity index (χ0) is 11.4. The molecule has 0 fully saturated rings. The number of aromatic nitrogens is 4. The van der Waals surface area contributed by atoms with Crippen molar-refractivity contribution in [2.24, 2.45) is 0 Å². The summed E-state index contributed by atoms with van der Waals surface area (Å²) in [4.78, 5) is 0. The monoisotopic (exact) mass is 237 g/mol. The first-order valence-corrected chi connectivity index (χ1v) is 6.25. The molecule has 0 saturated carbocycles. The van der Waals surface area contributed by atoms with Gasteiger partial charge in [-0.3, -0.25) is 4.68 Å². The second kappa shape index (κ2) is 5.07. The van der Waals surface area contributed by atoms with Crippen molar-refractivity contribution in [2.75, 3.05) is 11.9 Å². The molecule has 1 N–H and O–H groups in total. The summed E-state index contributed by atoms with van der Waals surface area (Å²) in [6.07, 6.45) is 4.94. The van der Waals surface area contributed by atoms with E-state index in [0.717, 1.165) is 35.2 Å². The first-order valence-electron chi connectivity index (χ1n) is 5.43. The lowest BCUT2D eigenvalue weighted by Gasteiger charge is -1.94. The number of hydrogen-bond acceptors (Lipinski definition) is 5. The van der Waals surface area contributed by atoms with E-state index in [9.17, 15) is 0 Å². The first-order chi connectivity index (χ1) is 7.83. The molecule has 2 aromatic heterocycles. The molecule has 0 amide bonds. The van der Waals surface area contributed by atoms with Crippen molar-refractivity contribution in [1.29, 1.82) is 0 Å². The van der Waals surface area contributed by atoms with Crippen molar-refractivity contribution in [1.82, 2.24) is 20.0 Å². The number of rotatable bonds is 5. The minimum absolute atomic E-state index is 0.862. The van der Waals surface area contributed by atoms with Crippen LogP contribution in [0, 0.1) is 0 Å². The van der Waals surface area contributed by atoms with Crippen molar-refractivity contribution < 1.29 is 0 Å². The van der Waals surface area contributed by atoms with E-state index in [1.54, 1.807) is 11.3 Å². The maximum atomic E-state index is 4.27. The summed E-state index contributed by atoms with van der Waals surface area (Å²) >= 11 is 1.56. The van der Waals surface area contributed by atoms with Gasteiger partial charge in [0.25, 0.3) is 0 Å². The molecule has 0 aliphatic carbocycles. The molecule has 0 bridgehead atoms. The quantitative estimate of drug-likeness (QED) is 0.866. The van der Waals surface area contributed by atoms with Gasteiger partial charge >= 0.3 is 0 Å². The maximum absolute atomic E-state index is 4.27. The third-order valence-corrected chi connectivity index (χ3v) is 3.02. The summed E-state index contributed by atoms with van der Waals surface area (Å²) in [6, 6.07) is 0. The van der Waals surface area contributed by atoms with Gasteiger partial charge < -0.3 is 5.32 Å². The fraction of sp³-hybridized carbons (Fsp3) is 0.500. The Kier molecular flexibility index (Phi) is 3.51. The maximum Gasteiger partial charge on any atom is 0.205 e. The molecule has 2 heterocycles. The summed E-state index contributed by atoms with van der Waals surface area (Å²) in [7, 11) is 0. The Morgan fingerprint density at radius 1 is 1.38 bits per heavy atom. The van der Waals surface area contributed by atoms with Crippen LogP contribution in [0.3, 0.4) is 0 Å². The van der Waals surface area contributed by atoms with E-state index in [-0.39, 0.29) is 0 Å². The Bertz CT molecular complexity index is 405. The van der Waals surface area contributed by atoms with E-state index in [1.807, 2.05) is 24.0 Å². The number of anilines is 1. The van der Waals surface area contributed by atoms with Crippen LogP contribution < -0.4 is 5.32 Å². The number of hydrogen-bond donors (Lipinski definition) is 1. The Morgan fingerprint density at radius 3 is 3.00 bits per heavy atom. The summed E-state index contributed by atoms with van der Waals surface area (Å²) in [5, 5.41) is 17.4. The highest BCUT2D eigenvalue weighted by molar-refractivity contribution is 7.18. The molecule has 0 aliphatic heterocycles. The lowest BCUT2D eigenvalue weighted by molar-refractivity contribution is 0.603. The van der Waals surface area contributed by atoms with Gasteiger partial charge in [0.1, 0.15) is 0 Å². The van der Waals surface area contributed by atoms with Gasteiger partial charge in [-0.15, -0.1) is 10.2 Å². The van der Waals surface area contributed by atoms with Crippen molar-refractivity contribution in [3.05, 3.63) is 12.4 Å². The van der Waals surface area contributed by atoms with E-state index in [2.05, 4.69) is 27.5 Å². The molecule has 0 aromatic carbocycles. The molecule has 0 saturated heterocycles. The number of nitrogens with zero attached hydrogens (tertiary/aromatic N) is 4. The van der Waals surface area contributed by atoms with Gasteiger partial charge in [-0.05, 0) is 13.3 Å².